The van der Waals surface area contributed by atoms with Crippen molar-refractivity contribution >= 4 is 0 Å². The molecule has 1 aromatic carbocycles. The molecule has 2 unspecified atom stereocenters. The molecule has 2 rings (SSSR count). The zero-order chi connectivity index (χ0) is 12.3. The van der Waals surface area contributed by atoms with E-state index in [0.717, 1.165) is 18.3 Å². The van der Waals surface area contributed by atoms with Crippen molar-refractivity contribution in [3.63, 3.8) is 0 Å². The third-order valence-corrected chi connectivity index (χ3v) is 3.79. The first-order valence-electron chi connectivity index (χ1n) is 6.58. The minimum absolute atomic E-state index is 0.525. The third-order valence-electron chi connectivity index (χ3n) is 3.79. The van der Waals surface area contributed by atoms with Gasteiger partial charge in [-0.05, 0) is 42.9 Å². The predicted octanol–water partition coefficient (Wildman–Crippen LogP) is 3.19. The molecule has 17 heavy (non-hydrogen) atoms. The number of para-hydroxylation sites is 1. The largest absolute Gasteiger partial charge is 0.496 e. The van der Waals surface area contributed by atoms with Gasteiger partial charge in [0.1, 0.15) is 5.75 Å². The van der Waals surface area contributed by atoms with Crippen molar-refractivity contribution in [2.75, 3.05) is 13.7 Å². The molecular formula is C15H23NO. The summed E-state index contributed by atoms with van der Waals surface area (Å²) in [4.78, 5) is 0. The topological polar surface area (TPSA) is 21.3 Å². The van der Waals surface area contributed by atoms with E-state index >= 15 is 0 Å². The van der Waals surface area contributed by atoms with Crippen LogP contribution in [0, 0.1) is 5.92 Å². The molecule has 0 aliphatic heterocycles. The van der Waals surface area contributed by atoms with Crippen molar-refractivity contribution in [1.29, 1.82) is 0 Å². The van der Waals surface area contributed by atoms with Gasteiger partial charge in [0, 0.05) is 6.04 Å². The summed E-state index contributed by atoms with van der Waals surface area (Å²) in [6.45, 7) is 5.70. The summed E-state index contributed by atoms with van der Waals surface area (Å²) in [7, 11) is 1.75. The van der Waals surface area contributed by atoms with E-state index in [1.807, 2.05) is 12.1 Å². The fourth-order valence-electron chi connectivity index (χ4n) is 2.17. The van der Waals surface area contributed by atoms with Crippen LogP contribution in [0.1, 0.15) is 38.2 Å². The molecule has 1 aliphatic rings. The summed E-state index contributed by atoms with van der Waals surface area (Å²) in [5, 5.41) is 3.60. The lowest BCUT2D eigenvalue weighted by Gasteiger charge is -2.22. The molecule has 1 N–H and O–H groups in total. The Morgan fingerprint density at radius 2 is 2.00 bits per heavy atom. The van der Waals surface area contributed by atoms with E-state index in [9.17, 15) is 0 Å². The number of hydrogen-bond donors (Lipinski definition) is 1. The molecule has 0 saturated heterocycles. The summed E-state index contributed by atoms with van der Waals surface area (Å²) in [6, 6.07) is 9.14. The van der Waals surface area contributed by atoms with Crippen LogP contribution in [-0.4, -0.2) is 19.7 Å². The number of nitrogens with one attached hydrogen (secondary N) is 1. The van der Waals surface area contributed by atoms with Crippen LogP contribution >= 0.6 is 0 Å². The van der Waals surface area contributed by atoms with Crippen LogP contribution < -0.4 is 10.1 Å². The van der Waals surface area contributed by atoms with Gasteiger partial charge in [-0.1, -0.05) is 32.0 Å². The number of ether oxygens (including phenoxy) is 1. The maximum atomic E-state index is 5.43. The van der Waals surface area contributed by atoms with Gasteiger partial charge in [0.15, 0.2) is 0 Å². The Kier molecular flexibility index (Phi) is 4.06. The van der Waals surface area contributed by atoms with E-state index in [2.05, 4.69) is 31.3 Å². The highest BCUT2D eigenvalue weighted by Gasteiger charge is 2.23. The smallest absolute Gasteiger partial charge is 0.122 e. The highest BCUT2D eigenvalue weighted by molar-refractivity contribution is 5.36. The van der Waals surface area contributed by atoms with E-state index in [1.165, 1.54) is 18.4 Å². The normalized spacial score (nSPS) is 18.8. The van der Waals surface area contributed by atoms with Crippen LogP contribution in [0.15, 0.2) is 24.3 Å². The zero-order valence-electron chi connectivity index (χ0n) is 11.1. The molecule has 0 bridgehead atoms. The Balaban J connectivity index is 1.98. The van der Waals surface area contributed by atoms with Crippen LogP contribution in [-0.2, 0) is 0 Å². The first kappa shape index (κ1) is 12.4. The van der Waals surface area contributed by atoms with Gasteiger partial charge in [-0.3, -0.25) is 0 Å². The van der Waals surface area contributed by atoms with Crippen molar-refractivity contribution in [3.05, 3.63) is 29.8 Å². The zero-order valence-corrected chi connectivity index (χ0v) is 11.1. The van der Waals surface area contributed by atoms with Crippen LogP contribution in [0.5, 0.6) is 5.75 Å². The highest BCUT2D eigenvalue weighted by Crippen LogP contribution is 2.31. The fraction of sp³-hybridized carbons (Fsp3) is 0.600. The minimum Gasteiger partial charge on any atom is -0.496 e. The molecule has 0 amide bonds. The molecule has 2 nitrogen and oxygen atoms in total. The summed E-state index contributed by atoms with van der Waals surface area (Å²) in [5.41, 5.74) is 1.32. The Labute approximate surface area is 104 Å². The van der Waals surface area contributed by atoms with Crippen molar-refractivity contribution in [2.45, 2.75) is 38.6 Å². The lowest BCUT2D eigenvalue weighted by molar-refractivity contribution is 0.389. The van der Waals surface area contributed by atoms with E-state index in [-0.39, 0.29) is 0 Å². The van der Waals surface area contributed by atoms with Gasteiger partial charge in [-0.15, -0.1) is 0 Å². The first-order chi connectivity index (χ1) is 8.22. The van der Waals surface area contributed by atoms with E-state index in [4.69, 9.17) is 4.74 Å². The summed E-state index contributed by atoms with van der Waals surface area (Å²) in [6.07, 6.45) is 2.71. The summed E-state index contributed by atoms with van der Waals surface area (Å²) in [5.74, 6) is 2.17. The average Bonchev–Trinajstić information content (AvgIpc) is 3.19. The second-order valence-electron chi connectivity index (χ2n) is 5.19. The second-order valence-corrected chi connectivity index (χ2v) is 5.19. The van der Waals surface area contributed by atoms with Crippen molar-refractivity contribution in [1.82, 2.24) is 5.32 Å². The van der Waals surface area contributed by atoms with Crippen LogP contribution in [0.2, 0.25) is 0 Å². The Bertz CT molecular complexity index is 360. The molecule has 1 fully saturated rings. The number of rotatable bonds is 6. The van der Waals surface area contributed by atoms with Gasteiger partial charge in [0.05, 0.1) is 7.11 Å². The molecule has 1 saturated carbocycles. The maximum absolute atomic E-state index is 5.43. The van der Waals surface area contributed by atoms with Crippen molar-refractivity contribution < 1.29 is 4.74 Å². The molecule has 0 radical (unpaired) electrons. The van der Waals surface area contributed by atoms with Gasteiger partial charge in [0.25, 0.3) is 0 Å². The molecule has 1 aliphatic carbocycles. The second kappa shape index (κ2) is 5.54. The van der Waals surface area contributed by atoms with Gasteiger partial charge >= 0.3 is 0 Å². The quantitative estimate of drug-likeness (QED) is 0.814. The summed E-state index contributed by atoms with van der Waals surface area (Å²) < 4.78 is 5.43. The number of benzene rings is 1. The lowest BCUT2D eigenvalue weighted by Crippen LogP contribution is -2.26. The average molecular weight is 233 g/mol. The monoisotopic (exact) mass is 233 g/mol. The number of methoxy groups -OCH3 is 1. The highest BCUT2D eigenvalue weighted by atomic mass is 16.5. The van der Waals surface area contributed by atoms with Gasteiger partial charge in [-0.2, -0.15) is 0 Å². The van der Waals surface area contributed by atoms with Crippen LogP contribution in [0.4, 0.5) is 0 Å². The van der Waals surface area contributed by atoms with Gasteiger partial charge in [0.2, 0.25) is 0 Å². The first-order valence-corrected chi connectivity index (χ1v) is 6.58. The van der Waals surface area contributed by atoms with Crippen molar-refractivity contribution in [2.24, 2.45) is 5.92 Å². The Morgan fingerprint density at radius 1 is 1.29 bits per heavy atom. The molecule has 0 heterocycles. The SMILES string of the molecule is COc1ccccc1C(C)C(C)CNC1CC1. The minimum atomic E-state index is 0.525. The Hall–Kier alpha value is -1.02. The molecule has 94 valence electrons. The van der Waals surface area contributed by atoms with Crippen molar-refractivity contribution in [3.8, 4) is 5.75 Å². The fourth-order valence-corrected chi connectivity index (χ4v) is 2.17. The standard InChI is InChI=1S/C15H23NO/c1-11(10-16-13-8-9-13)12(2)14-6-4-5-7-15(14)17-3/h4-7,11-13,16H,8-10H2,1-3H3. The van der Waals surface area contributed by atoms with Crippen LogP contribution in [0.25, 0.3) is 0 Å². The molecule has 1 aromatic rings. The molecule has 2 atom stereocenters. The third kappa shape index (κ3) is 3.22. The number of hydrogen-bond acceptors (Lipinski definition) is 2. The lowest BCUT2D eigenvalue weighted by atomic mass is 9.88. The van der Waals surface area contributed by atoms with E-state index in [1.54, 1.807) is 7.11 Å². The molecule has 2 heteroatoms. The maximum Gasteiger partial charge on any atom is 0.122 e. The van der Waals surface area contributed by atoms with Crippen LogP contribution in [0.3, 0.4) is 0 Å². The van der Waals surface area contributed by atoms with E-state index < -0.39 is 0 Å². The summed E-state index contributed by atoms with van der Waals surface area (Å²) >= 11 is 0. The molecule has 0 spiro atoms. The molecule has 0 aromatic heterocycles. The van der Waals surface area contributed by atoms with E-state index in [0.29, 0.717) is 11.8 Å². The Morgan fingerprint density at radius 3 is 2.65 bits per heavy atom. The van der Waals surface area contributed by atoms with Gasteiger partial charge < -0.3 is 10.1 Å². The van der Waals surface area contributed by atoms with Gasteiger partial charge in [-0.25, -0.2) is 0 Å². The predicted molar refractivity (Wildman–Crippen MR) is 71.6 cm³/mol. The molecular weight excluding hydrogens is 210 g/mol.